The Hall–Kier alpha value is -3.85. The first-order chi connectivity index (χ1) is 16.7. The molecule has 0 saturated carbocycles. The fourth-order valence-electron chi connectivity index (χ4n) is 5.99. The molecule has 3 heteroatoms. The van der Waals surface area contributed by atoms with Crippen molar-refractivity contribution >= 4 is 41.6 Å². The molecule has 0 saturated heterocycles. The number of ether oxygens (including phenoxy) is 2. The highest BCUT2D eigenvalue weighted by molar-refractivity contribution is 5.82. The summed E-state index contributed by atoms with van der Waals surface area (Å²) < 4.78 is 12.0. The van der Waals surface area contributed by atoms with E-state index in [1.54, 1.807) is 5.57 Å². The first-order valence-corrected chi connectivity index (χ1v) is 12.0. The van der Waals surface area contributed by atoms with E-state index in [0.29, 0.717) is 5.76 Å². The minimum absolute atomic E-state index is 0.115. The van der Waals surface area contributed by atoms with Gasteiger partial charge in [-0.25, -0.2) is 0 Å². The van der Waals surface area contributed by atoms with Crippen LogP contribution in [-0.2, 0) is 9.53 Å². The van der Waals surface area contributed by atoms with Gasteiger partial charge in [0.1, 0.15) is 17.6 Å². The first kappa shape index (κ1) is 19.6. The molecule has 0 radical (unpaired) electrons. The summed E-state index contributed by atoms with van der Waals surface area (Å²) in [7, 11) is 0. The van der Waals surface area contributed by atoms with Gasteiger partial charge in [-0.15, -0.1) is 0 Å². The molecule has 1 heterocycles. The van der Waals surface area contributed by atoms with Crippen LogP contribution in [0.3, 0.4) is 0 Å². The zero-order valence-corrected chi connectivity index (χ0v) is 19.0. The Morgan fingerprint density at radius 2 is 2.00 bits per heavy atom. The van der Waals surface area contributed by atoms with Gasteiger partial charge in [-0.05, 0) is 70.2 Å². The van der Waals surface area contributed by atoms with Crippen LogP contribution < -0.4 is 25.6 Å². The second-order valence-electron chi connectivity index (χ2n) is 9.46. The molecule has 0 aromatic heterocycles. The molecule has 1 aliphatic heterocycles. The second kappa shape index (κ2) is 7.33. The summed E-state index contributed by atoms with van der Waals surface area (Å²) in [6.07, 6.45) is 23.0. The molecule has 34 heavy (non-hydrogen) atoms. The van der Waals surface area contributed by atoms with Crippen LogP contribution in [0.4, 0.5) is 0 Å². The Bertz CT molecular complexity index is 1660. The van der Waals surface area contributed by atoms with Crippen LogP contribution in [0.1, 0.15) is 48.8 Å². The van der Waals surface area contributed by atoms with Crippen LogP contribution in [0.2, 0.25) is 0 Å². The third-order valence-electron chi connectivity index (χ3n) is 7.48. The molecule has 3 nitrogen and oxygen atoms in total. The highest BCUT2D eigenvalue weighted by Crippen LogP contribution is 2.33. The Morgan fingerprint density at radius 3 is 2.91 bits per heavy atom. The van der Waals surface area contributed by atoms with Gasteiger partial charge in [0.2, 0.25) is 0 Å². The van der Waals surface area contributed by atoms with Crippen LogP contribution in [0.5, 0.6) is 5.75 Å². The number of fused-ring (bicyclic) bond motifs is 7. The standard InChI is InChI=1S/C31H24O3/c1-18(32)33-29-16-11-20-10-15-28-27(31(20)29)17-30(34-28)26-8-4-7-22-24-12-9-19-5-2-3-6-21(19)23(24)13-14-25(22)26/h3-4,6-8,10-17,26,30H,2,5,9H2,1H3. The quantitative estimate of drug-likeness (QED) is 0.667. The molecule has 0 fully saturated rings. The van der Waals surface area contributed by atoms with Gasteiger partial charge in [-0.2, -0.15) is 0 Å². The first-order valence-electron chi connectivity index (χ1n) is 12.0. The largest absolute Gasteiger partial charge is 0.485 e. The topological polar surface area (TPSA) is 35.5 Å². The minimum Gasteiger partial charge on any atom is -0.485 e. The van der Waals surface area contributed by atoms with Gasteiger partial charge in [0, 0.05) is 23.3 Å². The molecule has 166 valence electrons. The number of rotatable bonds is 2. The van der Waals surface area contributed by atoms with E-state index in [2.05, 4.69) is 54.7 Å². The molecule has 5 aliphatic rings. The Labute approximate surface area is 197 Å². The van der Waals surface area contributed by atoms with Gasteiger partial charge in [0.15, 0.2) is 0 Å². The third kappa shape index (κ3) is 2.86. The van der Waals surface area contributed by atoms with E-state index in [9.17, 15) is 4.79 Å². The van der Waals surface area contributed by atoms with E-state index >= 15 is 0 Å². The molecule has 0 bridgehead atoms. The average Bonchev–Trinajstić information content (AvgIpc) is 3.46. The van der Waals surface area contributed by atoms with E-state index in [4.69, 9.17) is 9.47 Å². The van der Waals surface area contributed by atoms with E-state index in [0.717, 1.165) is 34.6 Å². The lowest BCUT2D eigenvalue weighted by Gasteiger charge is -2.26. The molecule has 2 aromatic rings. The summed E-state index contributed by atoms with van der Waals surface area (Å²) in [5.41, 5.74) is 6.68. The Balaban J connectivity index is 1.34. The van der Waals surface area contributed by atoms with Gasteiger partial charge < -0.3 is 9.47 Å². The fourth-order valence-corrected chi connectivity index (χ4v) is 5.99. The number of benzene rings is 2. The van der Waals surface area contributed by atoms with Crippen molar-refractivity contribution < 1.29 is 14.3 Å². The lowest BCUT2D eigenvalue weighted by atomic mass is 9.81. The zero-order valence-electron chi connectivity index (χ0n) is 19.0. The number of carbonyl (C=O) groups is 1. The molecule has 2 atom stereocenters. The minimum atomic E-state index is -0.313. The number of hydrogen-bond donors (Lipinski definition) is 0. The van der Waals surface area contributed by atoms with Crippen molar-refractivity contribution in [2.75, 3.05) is 0 Å². The summed E-state index contributed by atoms with van der Waals surface area (Å²) in [6.45, 7) is 1.44. The van der Waals surface area contributed by atoms with Crippen molar-refractivity contribution in [3.8, 4) is 5.75 Å². The second-order valence-corrected chi connectivity index (χ2v) is 9.46. The van der Waals surface area contributed by atoms with E-state index in [1.165, 1.54) is 40.5 Å². The molecule has 0 amide bonds. The number of allylic oxidation sites excluding steroid dienone is 5. The van der Waals surface area contributed by atoms with E-state index in [-0.39, 0.29) is 18.0 Å². The van der Waals surface area contributed by atoms with Gasteiger partial charge >= 0.3 is 5.97 Å². The Kier molecular flexibility index (Phi) is 4.22. The van der Waals surface area contributed by atoms with Crippen molar-refractivity contribution in [3.63, 3.8) is 0 Å². The highest BCUT2D eigenvalue weighted by atomic mass is 16.5. The Morgan fingerprint density at radius 1 is 1.06 bits per heavy atom. The summed E-state index contributed by atoms with van der Waals surface area (Å²) in [4.78, 5) is 11.6. The molecule has 7 rings (SSSR count). The van der Waals surface area contributed by atoms with Crippen molar-refractivity contribution in [1.82, 2.24) is 0 Å². The monoisotopic (exact) mass is 444 g/mol. The van der Waals surface area contributed by atoms with Crippen molar-refractivity contribution in [1.29, 1.82) is 0 Å². The molecular formula is C31H24O3. The number of carbonyl (C=O) groups excluding carboxylic acids is 1. The zero-order chi connectivity index (χ0) is 22.8. The van der Waals surface area contributed by atoms with Gasteiger partial charge in [0.25, 0.3) is 0 Å². The maximum Gasteiger partial charge on any atom is 0.308 e. The maximum atomic E-state index is 11.6. The molecule has 0 spiro atoms. The van der Waals surface area contributed by atoms with E-state index < -0.39 is 0 Å². The predicted octanol–water partition coefficient (Wildman–Crippen LogP) is 3.35. The average molecular weight is 445 g/mol. The SMILES string of the molecule is CC(=O)OC1=c2c(ccc3c2=CC(C2C=CC=c4c2ccc2c4=CCC4=C2C=CCC4)O3)C=C1. The van der Waals surface area contributed by atoms with Gasteiger partial charge in [-0.1, -0.05) is 66.3 Å². The van der Waals surface area contributed by atoms with Crippen molar-refractivity contribution in [2.24, 2.45) is 0 Å². The maximum absolute atomic E-state index is 11.6. The fraction of sp³-hybridized carbons (Fsp3) is 0.194. The number of hydrogen-bond acceptors (Lipinski definition) is 3. The summed E-state index contributed by atoms with van der Waals surface area (Å²) in [5, 5.41) is 4.62. The predicted molar refractivity (Wildman–Crippen MR) is 135 cm³/mol. The van der Waals surface area contributed by atoms with Crippen LogP contribution in [0, 0.1) is 0 Å². The summed E-state index contributed by atoms with van der Waals surface area (Å²) in [5.74, 6) is 1.24. The molecule has 0 N–H and O–H groups in total. The molecule has 2 unspecified atom stereocenters. The highest BCUT2D eigenvalue weighted by Gasteiger charge is 2.29. The van der Waals surface area contributed by atoms with Crippen molar-refractivity contribution in [3.05, 3.63) is 97.8 Å². The lowest BCUT2D eigenvalue weighted by molar-refractivity contribution is -0.134. The normalized spacial score (nSPS) is 22.4. The van der Waals surface area contributed by atoms with Crippen LogP contribution >= 0.6 is 0 Å². The van der Waals surface area contributed by atoms with Gasteiger partial charge in [-0.3, -0.25) is 4.79 Å². The summed E-state index contributed by atoms with van der Waals surface area (Å²) in [6, 6.07) is 8.64. The van der Waals surface area contributed by atoms with Crippen LogP contribution in [-0.4, -0.2) is 12.1 Å². The van der Waals surface area contributed by atoms with Crippen LogP contribution in [0.15, 0.2) is 60.2 Å². The van der Waals surface area contributed by atoms with E-state index in [1.807, 2.05) is 24.3 Å². The van der Waals surface area contributed by atoms with Gasteiger partial charge in [0.05, 0.1) is 0 Å². The molecular weight excluding hydrogens is 420 g/mol. The molecule has 2 aromatic carbocycles. The smallest absolute Gasteiger partial charge is 0.308 e. The number of esters is 1. The lowest BCUT2D eigenvalue weighted by Crippen LogP contribution is -2.37. The molecule has 4 aliphatic carbocycles. The van der Waals surface area contributed by atoms with Crippen molar-refractivity contribution in [2.45, 2.75) is 38.2 Å². The summed E-state index contributed by atoms with van der Waals surface area (Å²) >= 11 is 0. The third-order valence-corrected chi connectivity index (χ3v) is 7.48. The van der Waals surface area contributed by atoms with Crippen LogP contribution in [0.25, 0.3) is 35.6 Å².